The summed E-state index contributed by atoms with van der Waals surface area (Å²) in [7, 11) is 3.89. The first-order chi connectivity index (χ1) is 22.8. The molecule has 2 aromatic carbocycles. The van der Waals surface area contributed by atoms with Crippen molar-refractivity contribution in [2.45, 2.75) is 126 Å². The van der Waals surface area contributed by atoms with Crippen molar-refractivity contribution in [2.24, 2.45) is 5.92 Å². The molecule has 7 nitrogen and oxygen atoms in total. The van der Waals surface area contributed by atoms with Crippen LogP contribution in [-0.2, 0) is 33.6 Å². The van der Waals surface area contributed by atoms with Gasteiger partial charge in [0.2, 0.25) is 18.2 Å². The molecule has 0 aromatic heterocycles. The first kappa shape index (κ1) is 46.9. The number of carbonyl (C=O) groups is 3. The van der Waals surface area contributed by atoms with E-state index < -0.39 is 0 Å². The number of nitrogens with one attached hydrogen (secondary N) is 3. The minimum atomic E-state index is -0.147. The highest BCUT2D eigenvalue weighted by Crippen LogP contribution is 2.20. The highest BCUT2D eigenvalue weighted by molar-refractivity contribution is 5.84. The van der Waals surface area contributed by atoms with Crippen LogP contribution in [0.3, 0.4) is 0 Å². The maximum atomic E-state index is 13.9. The quantitative estimate of drug-likeness (QED) is 0.119. The van der Waals surface area contributed by atoms with Crippen molar-refractivity contribution >= 4 is 18.2 Å². The summed E-state index contributed by atoms with van der Waals surface area (Å²) in [6, 6.07) is 12.1. The van der Waals surface area contributed by atoms with Crippen molar-refractivity contribution in [3.63, 3.8) is 0 Å². The van der Waals surface area contributed by atoms with E-state index in [1.54, 1.807) is 19.1 Å². The van der Waals surface area contributed by atoms with Gasteiger partial charge in [0.25, 0.3) is 0 Å². The van der Waals surface area contributed by atoms with E-state index in [1.807, 2.05) is 32.0 Å². The molecular weight excluding hydrogens is 603 g/mol. The Morgan fingerprint density at radius 3 is 2.12 bits per heavy atom. The summed E-state index contributed by atoms with van der Waals surface area (Å²) >= 11 is 0. The minimum absolute atomic E-state index is 0.0600. The number of amides is 3. The number of aryl methyl sites for hydroxylation is 4. The molecule has 0 saturated heterocycles. The van der Waals surface area contributed by atoms with Crippen molar-refractivity contribution in [3.8, 4) is 0 Å². The highest BCUT2D eigenvalue weighted by Gasteiger charge is 2.10. The van der Waals surface area contributed by atoms with Crippen LogP contribution < -0.4 is 16.0 Å². The SMILES string of the molecule is CCC.CCC(=O)NCC(=O)NC(C)CN(C)C.CCCc1ccc(C)cc1C.CC[C@@H](C)CCc1c(F)cccc1CCCNC=O. The summed E-state index contributed by atoms with van der Waals surface area (Å²) < 4.78 is 13.9. The number of likely N-dealkylation sites (N-methyl/N-ethyl adjacent to an activating group) is 1. The number of hydrogen-bond acceptors (Lipinski definition) is 4. The fourth-order valence-electron chi connectivity index (χ4n) is 4.77. The molecule has 0 aliphatic heterocycles. The van der Waals surface area contributed by atoms with Gasteiger partial charge in [0.1, 0.15) is 5.82 Å². The highest BCUT2D eigenvalue weighted by atomic mass is 19.1. The van der Waals surface area contributed by atoms with Gasteiger partial charge < -0.3 is 20.9 Å². The van der Waals surface area contributed by atoms with Crippen molar-refractivity contribution in [2.75, 3.05) is 33.7 Å². The molecule has 274 valence electrons. The molecule has 0 heterocycles. The third-order valence-corrected chi connectivity index (χ3v) is 7.48. The third kappa shape index (κ3) is 24.9. The second-order valence-electron chi connectivity index (χ2n) is 12.9. The van der Waals surface area contributed by atoms with Crippen molar-refractivity contribution in [3.05, 3.63) is 70.0 Å². The van der Waals surface area contributed by atoms with Crippen LogP contribution in [0.1, 0.15) is 115 Å². The number of hydrogen-bond donors (Lipinski definition) is 3. The van der Waals surface area contributed by atoms with Crippen LogP contribution in [0.5, 0.6) is 0 Å². The van der Waals surface area contributed by atoms with E-state index >= 15 is 0 Å². The summed E-state index contributed by atoms with van der Waals surface area (Å²) in [6.07, 6.45) is 9.43. The molecule has 2 aromatic rings. The van der Waals surface area contributed by atoms with Gasteiger partial charge in [-0.2, -0.15) is 0 Å². The van der Waals surface area contributed by atoms with E-state index in [0.717, 1.165) is 49.8 Å². The molecule has 2 atom stereocenters. The fraction of sp³-hybridized carbons (Fsp3) is 0.625. The zero-order valence-corrected chi connectivity index (χ0v) is 32.2. The van der Waals surface area contributed by atoms with Gasteiger partial charge in [0.15, 0.2) is 0 Å². The van der Waals surface area contributed by atoms with Gasteiger partial charge in [0.05, 0.1) is 6.54 Å². The minimum Gasteiger partial charge on any atom is -0.359 e. The van der Waals surface area contributed by atoms with Crippen LogP contribution in [0.25, 0.3) is 0 Å². The van der Waals surface area contributed by atoms with E-state index in [4.69, 9.17) is 0 Å². The lowest BCUT2D eigenvalue weighted by atomic mass is 9.94. The largest absolute Gasteiger partial charge is 0.359 e. The van der Waals surface area contributed by atoms with E-state index in [9.17, 15) is 18.8 Å². The van der Waals surface area contributed by atoms with Crippen LogP contribution in [0.4, 0.5) is 4.39 Å². The number of nitrogens with zero attached hydrogens (tertiary/aromatic N) is 1. The van der Waals surface area contributed by atoms with Gasteiger partial charge in [-0.1, -0.05) is 96.7 Å². The van der Waals surface area contributed by atoms with Crippen LogP contribution in [-0.4, -0.2) is 62.9 Å². The Labute approximate surface area is 293 Å². The van der Waals surface area contributed by atoms with Crippen LogP contribution >= 0.6 is 0 Å². The summed E-state index contributed by atoms with van der Waals surface area (Å²) in [4.78, 5) is 34.4. The first-order valence-electron chi connectivity index (χ1n) is 18.0. The molecule has 8 heteroatoms. The Morgan fingerprint density at radius 2 is 1.58 bits per heavy atom. The average Bonchev–Trinajstić information content (AvgIpc) is 3.03. The molecule has 3 amide bonds. The number of carbonyl (C=O) groups excluding carboxylic acids is 3. The van der Waals surface area contributed by atoms with Crippen molar-refractivity contribution < 1.29 is 18.8 Å². The molecule has 3 N–H and O–H groups in total. The molecule has 48 heavy (non-hydrogen) atoms. The Morgan fingerprint density at radius 1 is 0.917 bits per heavy atom. The van der Waals surface area contributed by atoms with E-state index in [0.29, 0.717) is 25.3 Å². The molecule has 0 bridgehead atoms. The normalized spacial score (nSPS) is 11.4. The van der Waals surface area contributed by atoms with Crippen molar-refractivity contribution in [1.29, 1.82) is 0 Å². The molecule has 0 saturated carbocycles. The zero-order valence-electron chi connectivity index (χ0n) is 32.2. The van der Waals surface area contributed by atoms with E-state index in [1.165, 1.54) is 36.0 Å². The van der Waals surface area contributed by atoms with E-state index in [2.05, 4.69) is 82.6 Å². The predicted octanol–water partition coefficient (Wildman–Crippen LogP) is 7.73. The van der Waals surface area contributed by atoms with Gasteiger partial charge in [-0.25, -0.2) is 4.39 Å². The molecule has 0 aliphatic rings. The summed E-state index contributed by atoms with van der Waals surface area (Å²) in [5.41, 5.74) is 6.23. The zero-order chi connectivity index (χ0) is 36.9. The molecule has 0 radical (unpaired) electrons. The molecule has 2 rings (SSSR count). The van der Waals surface area contributed by atoms with Crippen molar-refractivity contribution in [1.82, 2.24) is 20.9 Å². The molecular formula is C40H69FN4O3. The monoisotopic (exact) mass is 673 g/mol. The van der Waals surface area contributed by atoms with Crippen LogP contribution in [0.2, 0.25) is 0 Å². The lowest BCUT2D eigenvalue weighted by Gasteiger charge is -2.18. The van der Waals surface area contributed by atoms with Gasteiger partial charge in [-0.3, -0.25) is 14.4 Å². The third-order valence-electron chi connectivity index (χ3n) is 7.48. The van der Waals surface area contributed by atoms with Gasteiger partial charge in [-0.05, 0) is 101 Å². The maximum Gasteiger partial charge on any atom is 0.239 e. The van der Waals surface area contributed by atoms with Gasteiger partial charge in [-0.15, -0.1) is 0 Å². The lowest BCUT2D eigenvalue weighted by molar-refractivity contribution is -0.126. The van der Waals surface area contributed by atoms with Gasteiger partial charge >= 0.3 is 0 Å². The van der Waals surface area contributed by atoms with Crippen LogP contribution in [0.15, 0.2) is 36.4 Å². The maximum absolute atomic E-state index is 13.9. The van der Waals surface area contributed by atoms with Crippen LogP contribution in [0, 0.1) is 25.6 Å². The summed E-state index contributed by atoms with van der Waals surface area (Å²) in [5, 5.41) is 7.96. The Bertz CT molecular complexity index is 1140. The van der Waals surface area contributed by atoms with Gasteiger partial charge in [0, 0.05) is 25.6 Å². The smallest absolute Gasteiger partial charge is 0.239 e. The summed E-state index contributed by atoms with van der Waals surface area (Å²) in [6.45, 7) is 20.3. The summed E-state index contributed by atoms with van der Waals surface area (Å²) in [5.74, 6) is 0.282. The fourth-order valence-corrected chi connectivity index (χ4v) is 4.77. The average molecular weight is 673 g/mol. The Kier molecular flexibility index (Phi) is 29.1. The van der Waals surface area contributed by atoms with E-state index in [-0.39, 0.29) is 30.2 Å². The second-order valence-corrected chi connectivity index (χ2v) is 12.9. The first-order valence-corrected chi connectivity index (χ1v) is 18.0. The Balaban J connectivity index is 0. The predicted molar refractivity (Wildman–Crippen MR) is 202 cm³/mol. The molecule has 0 aliphatic carbocycles. The molecule has 0 spiro atoms. The Hall–Kier alpha value is -3.26. The second kappa shape index (κ2) is 29.8. The molecule has 1 unspecified atom stereocenters. The molecule has 0 fully saturated rings. The standard InChI is InChI=1S/C16H24FNO.C11H16.C10H21N3O2.C3H8/c1-3-13(2)9-10-15-14(6-4-8-16(15)17)7-5-11-18-12-19;1-4-5-11-7-6-9(2)8-10(11)3;1-5-9(14)11-6-10(15)12-8(2)7-13(3)4;1-3-2/h4,6,8,12-13H,3,5,7,9-11H2,1-2H3,(H,18,19);6-8H,4-5H2,1-3H3;8H,5-7H2,1-4H3,(H,11,14)(H,12,15);3H2,1-2H3/t13-;;;/m1.../s1. The lowest BCUT2D eigenvalue weighted by Crippen LogP contribution is -2.44. The number of benzene rings is 2. The number of halogens is 1. The number of rotatable bonds is 17. The topological polar surface area (TPSA) is 90.5 Å².